The number of nitrogens with one attached hydrogen (secondary N) is 1. The van der Waals surface area contributed by atoms with Gasteiger partial charge < -0.3 is 24.3 Å². The fourth-order valence-corrected chi connectivity index (χ4v) is 2.53. The Kier molecular flexibility index (Phi) is 5.80. The highest BCUT2D eigenvalue weighted by Gasteiger charge is 2.21. The Bertz CT molecular complexity index is 818. The molecule has 1 heterocycles. The Hall–Kier alpha value is -3.22. The smallest absolute Gasteiger partial charge is 0.339 e. The third kappa shape index (κ3) is 4.69. The monoisotopic (exact) mass is 371 g/mol. The van der Waals surface area contributed by atoms with Gasteiger partial charge in [-0.2, -0.15) is 0 Å². The first kappa shape index (κ1) is 18.6. The topological polar surface area (TPSA) is 83.1 Å². The molecule has 1 amide bonds. The summed E-state index contributed by atoms with van der Waals surface area (Å²) < 4.78 is 21.2. The normalized spacial score (nSPS) is 13.4. The van der Waals surface area contributed by atoms with E-state index in [1.807, 2.05) is 24.3 Å². The number of hydrogen-bond acceptors (Lipinski definition) is 6. The quantitative estimate of drug-likeness (QED) is 0.785. The predicted octanol–water partition coefficient (Wildman–Crippen LogP) is 2.33. The molecule has 0 saturated heterocycles. The highest BCUT2D eigenvalue weighted by atomic mass is 16.6. The van der Waals surface area contributed by atoms with Crippen LogP contribution in [0.1, 0.15) is 22.8 Å². The van der Waals surface area contributed by atoms with Gasteiger partial charge in [0, 0.05) is 6.54 Å². The summed E-state index contributed by atoms with van der Waals surface area (Å²) in [6, 6.07) is 12.1. The Balaban J connectivity index is 1.53. The van der Waals surface area contributed by atoms with Gasteiger partial charge in [-0.1, -0.05) is 12.1 Å². The molecule has 0 bridgehead atoms. The highest BCUT2D eigenvalue weighted by molar-refractivity contribution is 5.92. The lowest BCUT2D eigenvalue weighted by atomic mass is 10.2. The molecule has 2 aromatic rings. The number of carbonyl (C=O) groups excluding carboxylic acids is 2. The molecular weight excluding hydrogens is 350 g/mol. The van der Waals surface area contributed by atoms with Gasteiger partial charge in [0.1, 0.15) is 19.0 Å². The zero-order chi connectivity index (χ0) is 19.2. The van der Waals surface area contributed by atoms with Crippen molar-refractivity contribution in [3.05, 3.63) is 53.6 Å². The molecule has 0 saturated carbocycles. The fraction of sp³-hybridized carbons (Fsp3) is 0.300. The van der Waals surface area contributed by atoms with Crippen molar-refractivity contribution >= 4 is 11.9 Å². The summed E-state index contributed by atoms with van der Waals surface area (Å²) in [5, 5.41) is 2.74. The molecule has 0 unspecified atom stereocenters. The second kappa shape index (κ2) is 8.44. The number of benzene rings is 2. The summed E-state index contributed by atoms with van der Waals surface area (Å²) in [5.74, 6) is 0.845. The van der Waals surface area contributed by atoms with Crippen molar-refractivity contribution in [2.75, 3.05) is 20.3 Å². The van der Waals surface area contributed by atoms with E-state index in [0.29, 0.717) is 36.8 Å². The molecule has 1 atom stereocenters. The minimum atomic E-state index is -0.927. The van der Waals surface area contributed by atoms with Crippen LogP contribution in [-0.4, -0.2) is 38.3 Å². The molecule has 3 rings (SSSR count). The Morgan fingerprint density at radius 3 is 2.48 bits per heavy atom. The van der Waals surface area contributed by atoms with Crippen LogP contribution in [0.5, 0.6) is 17.2 Å². The zero-order valence-electron chi connectivity index (χ0n) is 15.2. The molecule has 7 heteroatoms. The van der Waals surface area contributed by atoms with Crippen molar-refractivity contribution in [2.24, 2.45) is 0 Å². The van der Waals surface area contributed by atoms with Crippen LogP contribution >= 0.6 is 0 Å². The molecule has 2 aromatic carbocycles. The van der Waals surface area contributed by atoms with Crippen molar-refractivity contribution in [1.29, 1.82) is 0 Å². The van der Waals surface area contributed by atoms with Crippen molar-refractivity contribution in [1.82, 2.24) is 5.32 Å². The molecule has 7 nitrogen and oxygen atoms in total. The molecule has 1 N–H and O–H groups in total. The highest BCUT2D eigenvalue weighted by Crippen LogP contribution is 2.31. The second-order valence-electron chi connectivity index (χ2n) is 5.97. The molecular formula is C20H21NO6. The lowest BCUT2D eigenvalue weighted by molar-refractivity contribution is -0.129. The van der Waals surface area contributed by atoms with E-state index in [2.05, 4.69) is 5.32 Å². The molecule has 142 valence electrons. The SMILES string of the molecule is COc1ccc(CNC(=O)[C@@H](C)OC(=O)c2ccc3c(c2)OCCO3)cc1. The largest absolute Gasteiger partial charge is 0.497 e. The van der Waals surface area contributed by atoms with Crippen LogP contribution in [0.3, 0.4) is 0 Å². The summed E-state index contributed by atoms with van der Waals surface area (Å²) in [6.07, 6.45) is -0.927. The van der Waals surface area contributed by atoms with E-state index in [9.17, 15) is 9.59 Å². The van der Waals surface area contributed by atoms with Crippen molar-refractivity contribution in [3.8, 4) is 17.2 Å². The maximum absolute atomic E-state index is 12.3. The summed E-state index contributed by atoms with van der Waals surface area (Å²) in [4.78, 5) is 24.5. The van der Waals surface area contributed by atoms with Crippen molar-refractivity contribution in [3.63, 3.8) is 0 Å². The molecule has 0 aromatic heterocycles. The average Bonchev–Trinajstić information content (AvgIpc) is 2.71. The van der Waals surface area contributed by atoms with Crippen molar-refractivity contribution in [2.45, 2.75) is 19.6 Å². The summed E-state index contributed by atoms with van der Waals surface area (Å²) in [7, 11) is 1.59. The molecule has 0 radical (unpaired) electrons. The van der Waals surface area contributed by atoms with Crippen LogP contribution in [0.2, 0.25) is 0 Å². The van der Waals surface area contributed by atoms with E-state index in [1.165, 1.54) is 6.92 Å². The number of fused-ring (bicyclic) bond motifs is 1. The van der Waals surface area contributed by atoms with Gasteiger partial charge >= 0.3 is 5.97 Å². The van der Waals surface area contributed by atoms with Gasteiger partial charge in [0.15, 0.2) is 17.6 Å². The molecule has 1 aliphatic heterocycles. The predicted molar refractivity (Wildman–Crippen MR) is 97.2 cm³/mol. The van der Waals surface area contributed by atoms with Crippen LogP contribution in [0.15, 0.2) is 42.5 Å². The summed E-state index contributed by atoms with van der Waals surface area (Å²) >= 11 is 0. The Labute approximate surface area is 157 Å². The van der Waals surface area contributed by atoms with E-state index < -0.39 is 12.1 Å². The van der Waals surface area contributed by atoms with Crippen LogP contribution in [0, 0.1) is 0 Å². The van der Waals surface area contributed by atoms with Crippen LogP contribution in [0.4, 0.5) is 0 Å². The number of rotatable bonds is 6. The van der Waals surface area contributed by atoms with Gasteiger partial charge in [0.2, 0.25) is 0 Å². The zero-order valence-corrected chi connectivity index (χ0v) is 15.2. The maximum Gasteiger partial charge on any atom is 0.339 e. The third-order valence-electron chi connectivity index (χ3n) is 4.06. The first-order valence-corrected chi connectivity index (χ1v) is 8.58. The third-order valence-corrected chi connectivity index (χ3v) is 4.06. The fourth-order valence-electron chi connectivity index (χ4n) is 2.53. The maximum atomic E-state index is 12.3. The molecule has 0 fully saturated rings. The van der Waals surface area contributed by atoms with Gasteiger partial charge in [-0.15, -0.1) is 0 Å². The minimum Gasteiger partial charge on any atom is -0.497 e. The van der Waals surface area contributed by atoms with E-state index in [-0.39, 0.29) is 5.91 Å². The number of esters is 1. The van der Waals surface area contributed by atoms with Crippen LogP contribution < -0.4 is 19.5 Å². The second-order valence-corrected chi connectivity index (χ2v) is 5.97. The van der Waals surface area contributed by atoms with Gasteiger partial charge in [0.25, 0.3) is 5.91 Å². The summed E-state index contributed by atoms with van der Waals surface area (Å²) in [5.41, 5.74) is 1.21. The lowest BCUT2D eigenvalue weighted by Gasteiger charge is -2.19. The first-order valence-electron chi connectivity index (χ1n) is 8.58. The van der Waals surface area contributed by atoms with E-state index >= 15 is 0 Å². The van der Waals surface area contributed by atoms with E-state index in [0.717, 1.165) is 11.3 Å². The van der Waals surface area contributed by atoms with Crippen LogP contribution in [0.25, 0.3) is 0 Å². The number of carbonyl (C=O) groups is 2. The standard InChI is InChI=1S/C20H21NO6/c1-13(19(22)21-12-14-3-6-16(24-2)7-4-14)27-20(23)15-5-8-17-18(11-15)26-10-9-25-17/h3-8,11,13H,9-10,12H2,1-2H3,(H,21,22)/t13-/m1/s1. The van der Waals surface area contributed by atoms with Gasteiger partial charge in [-0.05, 0) is 42.8 Å². The van der Waals surface area contributed by atoms with E-state index in [1.54, 1.807) is 25.3 Å². The molecule has 1 aliphatic rings. The Morgan fingerprint density at radius 2 is 1.78 bits per heavy atom. The summed E-state index contributed by atoms with van der Waals surface area (Å²) in [6.45, 7) is 2.76. The number of methoxy groups -OCH3 is 1. The van der Waals surface area contributed by atoms with Crippen LogP contribution in [-0.2, 0) is 16.1 Å². The average molecular weight is 371 g/mol. The van der Waals surface area contributed by atoms with Gasteiger partial charge in [-0.25, -0.2) is 4.79 Å². The molecule has 27 heavy (non-hydrogen) atoms. The van der Waals surface area contributed by atoms with Gasteiger partial charge in [0.05, 0.1) is 12.7 Å². The van der Waals surface area contributed by atoms with Crippen molar-refractivity contribution < 1.29 is 28.5 Å². The number of amides is 1. The van der Waals surface area contributed by atoms with Gasteiger partial charge in [-0.3, -0.25) is 4.79 Å². The lowest BCUT2D eigenvalue weighted by Crippen LogP contribution is -2.35. The molecule has 0 spiro atoms. The Morgan fingerprint density at radius 1 is 1.07 bits per heavy atom. The minimum absolute atomic E-state index is 0.300. The molecule has 0 aliphatic carbocycles. The number of ether oxygens (including phenoxy) is 4. The van der Waals surface area contributed by atoms with E-state index in [4.69, 9.17) is 18.9 Å². The number of hydrogen-bond donors (Lipinski definition) is 1. The first-order chi connectivity index (χ1) is 13.1.